The Labute approximate surface area is 139 Å². The van der Waals surface area contributed by atoms with Gasteiger partial charge in [0.15, 0.2) is 0 Å². The molecule has 3 aromatic rings. The van der Waals surface area contributed by atoms with E-state index in [4.69, 9.17) is 0 Å². The summed E-state index contributed by atoms with van der Waals surface area (Å²) in [6, 6.07) is 11.6. The lowest BCUT2D eigenvalue weighted by atomic mass is 10.1. The van der Waals surface area contributed by atoms with E-state index >= 15 is 0 Å². The Bertz CT molecular complexity index is 800. The number of hydrogen-bond donors (Lipinski definition) is 1. The second-order valence-electron chi connectivity index (χ2n) is 5.56. The lowest BCUT2D eigenvalue weighted by molar-refractivity contribution is 0.0945. The summed E-state index contributed by atoms with van der Waals surface area (Å²) in [5, 5.41) is 3.12. The molecule has 0 aliphatic carbocycles. The van der Waals surface area contributed by atoms with Crippen LogP contribution in [0.4, 0.5) is 0 Å². The third-order valence-electron chi connectivity index (χ3n) is 3.91. The summed E-state index contributed by atoms with van der Waals surface area (Å²) in [5.74, 6) is 0.748. The third kappa shape index (κ3) is 3.19. The lowest BCUT2D eigenvalue weighted by Crippen LogP contribution is -2.30. The Morgan fingerprint density at radius 3 is 2.57 bits per heavy atom. The zero-order chi connectivity index (χ0) is 16.4. The van der Waals surface area contributed by atoms with Gasteiger partial charge in [0.25, 0.3) is 5.91 Å². The summed E-state index contributed by atoms with van der Waals surface area (Å²) in [6.45, 7) is 4.06. The number of nitrogens with one attached hydrogen (secondary N) is 1. The Morgan fingerprint density at radius 2 is 2.00 bits per heavy atom. The van der Waals surface area contributed by atoms with Gasteiger partial charge in [-0.05, 0) is 31.0 Å². The SMILES string of the molecule is Cc1cc(C(=O)N[C@H](c2ccccc2)c2nccn2C)sc1C. The van der Waals surface area contributed by atoms with Gasteiger partial charge >= 0.3 is 0 Å². The molecule has 0 bridgehead atoms. The Balaban J connectivity index is 1.93. The molecule has 0 aliphatic heterocycles. The minimum atomic E-state index is -0.272. The van der Waals surface area contributed by atoms with Gasteiger partial charge in [-0.25, -0.2) is 4.98 Å². The molecule has 2 heterocycles. The molecule has 2 aromatic heterocycles. The maximum atomic E-state index is 12.7. The van der Waals surface area contributed by atoms with Crippen molar-refractivity contribution in [2.45, 2.75) is 19.9 Å². The van der Waals surface area contributed by atoms with Crippen molar-refractivity contribution in [3.8, 4) is 0 Å². The van der Waals surface area contributed by atoms with Crippen LogP contribution >= 0.6 is 11.3 Å². The summed E-state index contributed by atoms with van der Waals surface area (Å²) in [5.41, 5.74) is 2.16. The summed E-state index contributed by atoms with van der Waals surface area (Å²) < 4.78 is 1.93. The van der Waals surface area contributed by atoms with E-state index in [1.165, 1.54) is 16.2 Å². The first-order chi connectivity index (χ1) is 11.1. The number of hydrogen-bond acceptors (Lipinski definition) is 3. The average Bonchev–Trinajstić information content (AvgIpc) is 3.12. The molecule has 0 unspecified atom stereocenters. The third-order valence-corrected chi connectivity index (χ3v) is 5.07. The molecule has 0 spiro atoms. The fourth-order valence-corrected chi connectivity index (χ4v) is 3.42. The normalized spacial score (nSPS) is 12.1. The molecule has 23 heavy (non-hydrogen) atoms. The highest BCUT2D eigenvalue weighted by molar-refractivity contribution is 7.14. The quantitative estimate of drug-likeness (QED) is 0.796. The van der Waals surface area contributed by atoms with Gasteiger partial charge in [-0.15, -0.1) is 11.3 Å². The molecule has 5 heteroatoms. The molecule has 1 atom stereocenters. The highest BCUT2D eigenvalue weighted by atomic mass is 32.1. The highest BCUT2D eigenvalue weighted by Gasteiger charge is 2.22. The van der Waals surface area contributed by atoms with Crippen molar-refractivity contribution < 1.29 is 4.79 Å². The lowest BCUT2D eigenvalue weighted by Gasteiger charge is -2.18. The molecule has 1 amide bonds. The van der Waals surface area contributed by atoms with E-state index in [-0.39, 0.29) is 11.9 Å². The van der Waals surface area contributed by atoms with Crippen molar-refractivity contribution >= 4 is 17.2 Å². The van der Waals surface area contributed by atoms with E-state index in [0.29, 0.717) is 0 Å². The minimum Gasteiger partial charge on any atom is -0.337 e. The molecule has 1 aromatic carbocycles. The van der Waals surface area contributed by atoms with Crippen molar-refractivity contribution in [2.75, 3.05) is 0 Å². The van der Waals surface area contributed by atoms with Crippen molar-refractivity contribution in [2.24, 2.45) is 7.05 Å². The number of aromatic nitrogens is 2. The fraction of sp³-hybridized carbons (Fsp3) is 0.222. The molecule has 0 fully saturated rings. The first kappa shape index (κ1) is 15.5. The van der Waals surface area contributed by atoms with Crippen LogP contribution in [0.25, 0.3) is 0 Å². The van der Waals surface area contributed by atoms with Gasteiger partial charge in [-0.3, -0.25) is 4.79 Å². The Morgan fingerprint density at radius 1 is 1.26 bits per heavy atom. The van der Waals surface area contributed by atoms with Crippen molar-refractivity contribution in [3.05, 3.63) is 75.5 Å². The number of imidazole rings is 1. The van der Waals surface area contributed by atoms with Gasteiger partial charge in [-0.1, -0.05) is 30.3 Å². The number of carbonyl (C=O) groups excluding carboxylic acids is 1. The van der Waals surface area contributed by atoms with Crippen LogP contribution in [-0.2, 0) is 7.05 Å². The van der Waals surface area contributed by atoms with E-state index in [2.05, 4.69) is 10.3 Å². The predicted molar refractivity (Wildman–Crippen MR) is 92.8 cm³/mol. The molecule has 0 saturated heterocycles. The van der Waals surface area contributed by atoms with Crippen molar-refractivity contribution in [1.82, 2.24) is 14.9 Å². The van der Waals surface area contributed by atoms with E-state index in [1.54, 1.807) is 6.20 Å². The summed E-state index contributed by atoms with van der Waals surface area (Å²) in [7, 11) is 1.93. The standard InChI is InChI=1S/C18H19N3OS/c1-12-11-15(23-13(12)2)18(22)20-16(14-7-5-4-6-8-14)17-19-9-10-21(17)3/h4-11,16H,1-3H3,(H,20,22)/t16-/m1/s1. The molecule has 1 N–H and O–H groups in total. The van der Waals surface area contributed by atoms with Crippen LogP contribution in [0.1, 0.15) is 37.5 Å². The second kappa shape index (κ2) is 6.38. The Hall–Kier alpha value is -2.40. The number of amides is 1. The average molecular weight is 325 g/mol. The zero-order valence-electron chi connectivity index (χ0n) is 13.4. The molecule has 4 nitrogen and oxygen atoms in total. The number of benzene rings is 1. The summed E-state index contributed by atoms with van der Waals surface area (Å²) in [4.78, 5) is 19.0. The molecule has 118 valence electrons. The number of rotatable bonds is 4. The molecule has 0 radical (unpaired) electrons. The number of nitrogens with zero attached hydrogens (tertiary/aromatic N) is 2. The van der Waals surface area contributed by atoms with Crippen LogP contribution in [-0.4, -0.2) is 15.5 Å². The second-order valence-corrected chi connectivity index (χ2v) is 6.82. The monoisotopic (exact) mass is 325 g/mol. The maximum absolute atomic E-state index is 12.7. The van der Waals surface area contributed by atoms with E-state index in [9.17, 15) is 4.79 Å². The van der Waals surface area contributed by atoms with Crippen LogP contribution in [0, 0.1) is 13.8 Å². The van der Waals surface area contributed by atoms with Gasteiger partial charge in [0.05, 0.1) is 4.88 Å². The van der Waals surface area contributed by atoms with Gasteiger partial charge < -0.3 is 9.88 Å². The van der Waals surface area contributed by atoms with Gasteiger partial charge in [0.1, 0.15) is 11.9 Å². The van der Waals surface area contributed by atoms with Crippen LogP contribution in [0.15, 0.2) is 48.8 Å². The minimum absolute atomic E-state index is 0.0666. The predicted octanol–water partition coefficient (Wildman–Crippen LogP) is 3.62. The smallest absolute Gasteiger partial charge is 0.262 e. The number of carbonyl (C=O) groups is 1. The number of thiophene rings is 1. The maximum Gasteiger partial charge on any atom is 0.262 e. The molecular formula is C18H19N3OS. The van der Waals surface area contributed by atoms with Crippen molar-refractivity contribution in [1.29, 1.82) is 0 Å². The zero-order valence-corrected chi connectivity index (χ0v) is 14.2. The summed E-state index contributed by atoms with van der Waals surface area (Å²) in [6.07, 6.45) is 3.63. The highest BCUT2D eigenvalue weighted by Crippen LogP contribution is 2.24. The van der Waals surface area contributed by atoms with Gasteiger partial charge in [0.2, 0.25) is 0 Å². The van der Waals surface area contributed by atoms with E-state index < -0.39 is 0 Å². The molecular weight excluding hydrogens is 306 g/mol. The molecule has 0 aliphatic rings. The van der Waals surface area contributed by atoms with Crippen LogP contribution in [0.2, 0.25) is 0 Å². The van der Waals surface area contributed by atoms with Gasteiger partial charge in [0, 0.05) is 24.3 Å². The van der Waals surface area contributed by atoms with Crippen molar-refractivity contribution in [3.63, 3.8) is 0 Å². The first-order valence-corrected chi connectivity index (χ1v) is 8.28. The Kier molecular flexibility index (Phi) is 4.30. The molecule has 0 saturated carbocycles. The van der Waals surface area contributed by atoms with Crippen LogP contribution in [0.5, 0.6) is 0 Å². The van der Waals surface area contributed by atoms with E-state index in [1.807, 2.05) is 68.1 Å². The molecule has 3 rings (SSSR count). The largest absolute Gasteiger partial charge is 0.337 e. The topological polar surface area (TPSA) is 46.9 Å². The first-order valence-electron chi connectivity index (χ1n) is 7.46. The fourth-order valence-electron chi connectivity index (χ4n) is 2.49. The summed E-state index contributed by atoms with van der Waals surface area (Å²) >= 11 is 1.52. The van der Waals surface area contributed by atoms with Crippen LogP contribution in [0.3, 0.4) is 0 Å². The van der Waals surface area contributed by atoms with Crippen LogP contribution < -0.4 is 5.32 Å². The number of aryl methyl sites for hydroxylation is 3. The van der Waals surface area contributed by atoms with E-state index in [0.717, 1.165) is 21.8 Å². The van der Waals surface area contributed by atoms with Gasteiger partial charge in [-0.2, -0.15) is 0 Å².